The molecule has 1 fully saturated rings. The standard InChI is InChI=1S/C13H16N6O2/c1-19-6-5-10(18-19)16-11(20)9-7-15-13(14)17-12(9)21-8-3-2-4-8/h5-8H,2-4H2,1H3,(H2,14,15,17)(H,16,18,20). The number of nitrogens with one attached hydrogen (secondary N) is 1. The number of carbonyl (C=O) groups is 1. The SMILES string of the molecule is Cn1ccc(NC(=O)c2cnc(N)nc2OC2CCC2)n1. The quantitative estimate of drug-likeness (QED) is 0.868. The summed E-state index contributed by atoms with van der Waals surface area (Å²) >= 11 is 0. The molecule has 0 radical (unpaired) electrons. The lowest BCUT2D eigenvalue weighted by molar-refractivity contribution is 0.0978. The van der Waals surface area contributed by atoms with Crippen molar-refractivity contribution in [1.29, 1.82) is 0 Å². The second-order valence-electron chi connectivity index (χ2n) is 4.95. The van der Waals surface area contributed by atoms with Crippen molar-refractivity contribution in [1.82, 2.24) is 19.7 Å². The molecule has 1 amide bonds. The molecule has 8 nitrogen and oxygen atoms in total. The van der Waals surface area contributed by atoms with Crippen LogP contribution in [0.2, 0.25) is 0 Å². The third kappa shape index (κ3) is 2.93. The molecule has 3 rings (SSSR count). The van der Waals surface area contributed by atoms with Gasteiger partial charge >= 0.3 is 0 Å². The minimum absolute atomic E-state index is 0.0821. The van der Waals surface area contributed by atoms with E-state index in [0.29, 0.717) is 5.82 Å². The number of aromatic nitrogens is 4. The molecule has 0 aromatic carbocycles. The molecular formula is C13H16N6O2. The molecule has 0 bridgehead atoms. The number of ether oxygens (including phenoxy) is 1. The summed E-state index contributed by atoms with van der Waals surface area (Å²) in [7, 11) is 1.77. The first kappa shape index (κ1) is 13.3. The second-order valence-corrected chi connectivity index (χ2v) is 4.95. The summed E-state index contributed by atoms with van der Waals surface area (Å²) < 4.78 is 7.31. The van der Waals surface area contributed by atoms with Gasteiger partial charge in [0.05, 0.1) is 0 Å². The van der Waals surface area contributed by atoms with Crippen LogP contribution >= 0.6 is 0 Å². The van der Waals surface area contributed by atoms with E-state index in [2.05, 4.69) is 20.4 Å². The van der Waals surface area contributed by atoms with E-state index in [-0.39, 0.29) is 29.4 Å². The lowest BCUT2D eigenvalue weighted by atomic mass is 9.96. The Morgan fingerprint density at radius 1 is 1.52 bits per heavy atom. The normalized spacial score (nSPS) is 14.5. The maximum absolute atomic E-state index is 12.3. The van der Waals surface area contributed by atoms with Gasteiger partial charge in [-0.15, -0.1) is 0 Å². The lowest BCUT2D eigenvalue weighted by Gasteiger charge is -2.26. The third-order valence-corrected chi connectivity index (χ3v) is 3.30. The highest BCUT2D eigenvalue weighted by Gasteiger charge is 2.24. The highest BCUT2D eigenvalue weighted by molar-refractivity contribution is 6.05. The van der Waals surface area contributed by atoms with Gasteiger partial charge in [0.2, 0.25) is 11.8 Å². The summed E-state index contributed by atoms with van der Waals surface area (Å²) in [6.45, 7) is 0. The van der Waals surface area contributed by atoms with Crippen molar-refractivity contribution in [3.63, 3.8) is 0 Å². The van der Waals surface area contributed by atoms with E-state index in [1.807, 2.05) is 0 Å². The van der Waals surface area contributed by atoms with Crippen LogP contribution < -0.4 is 15.8 Å². The smallest absolute Gasteiger partial charge is 0.263 e. The molecule has 2 aromatic rings. The Morgan fingerprint density at radius 3 is 2.95 bits per heavy atom. The first-order valence-electron chi connectivity index (χ1n) is 6.72. The van der Waals surface area contributed by atoms with Gasteiger partial charge < -0.3 is 15.8 Å². The Bertz CT molecular complexity index is 664. The molecule has 2 heterocycles. The number of hydrogen-bond acceptors (Lipinski definition) is 6. The minimum Gasteiger partial charge on any atom is -0.474 e. The molecule has 0 atom stereocenters. The number of aryl methyl sites for hydroxylation is 1. The predicted molar refractivity (Wildman–Crippen MR) is 75.9 cm³/mol. The summed E-state index contributed by atoms with van der Waals surface area (Å²) in [6, 6.07) is 1.70. The van der Waals surface area contributed by atoms with Gasteiger partial charge in [0, 0.05) is 25.5 Å². The Balaban J connectivity index is 1.80. The Labute approximate surface area is 121 Å². The number of nitrogen functional groups attached to an aromatic ring is 1. The van der Waals surface area contributed by atoms with Gasteiger partial charge in [-0.25, -0.2) is 4.98 Å². The molecule has 0 saturated heterocycles. The van der Waals surface area contributed by atoms with Gasteiger partial charge in [-0.05, 0) is 19.3 Å². The van der Waals surface area contributed by atoms with E-state index < -0.39 is 0 Å². The van der Waals surface area contributed by atoms with Crippen molar-refractivity contribution in [3.05, 3.63) is 24.0 Å². The van der Waals surface area contributed by atoms with Crippen LogP contribution in [-0.2, 0) is 7.05 Å². The number of nitrogens with zero attached hydrogens (tertiary/aromatic N) is 4. The number of carbonyl (C=O) groups excluding carboxylic acids is 1. The van der Waals surface area contributed by atoms with E-state index >= 15 is 0 Å². The van der Waals surface area contributed by atoms with Crippen molar-refractivity contribution >= 4 is 17.7 Å². The van der Waals surface area contributed by atoms with Gasteiger partial charge in [0.1, 0.15) is 11.7 Å². The first-order valence-corrected chi connectivity index (χ1v) is 6.72. The van der Waals surface area contributed by atoms with E-state index in [9.17, 15) is 4.79 Å². The molecule has 1 aliphatic carbocycles. The van der Waals surface area contributed by atoms with E-state index in [1.165, 1.54) is 6.20 Å². The van der Waals surface area contributed by atoms with Crippen LogP contribution in [0.15, 0.2) is 18.5 Å². The molecule has 0 aliphatic heterocycles. The zero-order valence-electron chi connectivity index (χ0n) is 11.6. The van der Waals surface area contributed by atoms with E-state index in [1.54, 1.807) is 24.0 Å². The highest BCUT2D eigenvalue weighted by Crippen LogP contribution is 2.26. The predicted octanol–water partition coefficient (Wildman–Crippen LogP) is 0.976. The van der Waals surface area contributed by atoms with Crippen molar-refractivity contribution < 1.29 is 9.53 Å². The molecular weight excluding hydrogens is 272 g/mol. The largest absolute Gasteiger partial charge is 0.474 e. The van der Waals surface area contributed by atoms with E-state index in [0.717, 1.165) is 19.3 Å². The summed E-state index contributed by atoms with van der Waals surface area (Å²) in [5.41, 5.74) is 5.82. The Morgan fingerprint density at radius 2 is 2.33 bits per heavy atom. The van der Waals surface area contributed by atoms with Crippen molar-refractivity contribution in [2.75, 3.05) is 11.1 Å². The molecule has 110 valence electrons. The third-order valence-electron chi connectivity index (χ3n) is 3.30. The molecule has 3 N–H and O–H groups in total. The number of amides is 1. The average molecular weight is 288 g/mol. The summed E-state index contributed by atoms with van der Waals surface area (Å²) in [6.07, 6.45) is 6.26. The Hall–Kier alpha value is -2.64. The van der Waals surface area contributed by atoms with Crippen molar-refractivity contribution in [3.8, 4) is 5.88 Å². The van der Waals surface area contributed by atoms with Gasteiger partial charge in [-0.3, -0.25) is 9.48 Å². The monoisotopic (exact) mass is 288 g/mol. The average Bonchev–Trinajstić information content (AvgIpc) is 2.79. The summed E-state index contributed by atoms with van der Waals surface area (Å²) in [5, 5.41) is 6.77. The molecule has 8 heteroatoms. The fourth-order valence-electron chi connectivity index (χ4n) is 1.94. The van der Waals surface area contributed by atoms with Crippen LogP contribution in [0.25, 0.3) is 0 Å². The molecule has 0 unspecified atom stereocenters. The van der Waals surface area contributed by atoms with Crippen LogP contribution in [-0.4, -0.2) is 31.8 Å². The second kappa shape index (κ2) is 5.39. The summed E-state index contributed by atoms with van der Waals surface area (Å²) in [5.74, 6) is 0.385. The maximum Gasteiger partial charge on any atom is 0.263 e. The minimum atomic E-state index is -0.372. The van der Waals surface area contributed by atoms with Crippen LogP contribution in [0.5, 0.6) is 5.88 Å². The number of hydrogen-bond donors (Lipinski definition) is 2. The zero-order chi connectivity index (χ0) is 14.8. The number of anilines is 2. The van der Waals surface area contributed by atoms with Crippen molar-refractivity contribution in [2.45, 2.75) is 25.4 Å². The highest BCUT2D eigenvalue weighted by atomic mass is 16.5. The molecule has 0 spiro atoms. The zero-order valence-corrected chi connectivity index (χ0v) is 11.6. The molecule has 2 aromatic heterocycles. The molecule has 1 saturated carbocycles. The van der Waals surface area contributed by atoms with Crippen LogP contribution in [0.3, 0.4) is 0 Å². The topological polar surface area (TPSA) is 108 Å². The first-order chi connectivity index (χ1) is 10.1. The van der Waals surface area contributed by atoms with E-state index in [4.69, 9.17) is 10.5 Å². The van der Waals surface area contributed by atoms with Gasteiger partial charge in [0.15, 0.2) is 5.82 Å². The molecule has 21 heavy (non-hydrogen) atoms. The van der Waals surface area contributed by atoms with Crippen LogP contribution in [0.1, 0.15) is 29.6 Å². The van der Waals surface area contributed by atoms with Gasteiger partial charge in [0.25, 0.3) is 5.91 Å². The Kier molecular flexibility index (Phi) is 3.43. The summed E-state index contributed by atoms with van der Waals surface area (Å²) in [4.78, 5) is 20.2. The van der Waals surface area contributed by atoms with Crippen molar-refractivity contribution in [2.24, 2.45) is 7.05 Å². The number of nitrogens with two attached hydrogens (primary N) is 1. The molecule has 1 aliphatic rings. The lowest BCUT2D eigenvalue weighted by Crippen LogP contribution is -2.27. The van der Waals surface area contributed by atoms with Crippen LogP contribution in [0, 0.1) is 0 Å². The van der Waals surface area contributed by atoms with Crippen LogP contribution in [0.4, 0.5) is 11.8 Å². The maximum atomic E-state index is 12.3. The van der Waals surface area contributed by atoms with Gasteiger partial charge in [-0.1, -0.05) is 0 Å². The fraction of sp³-hybridized carbons (Fsp3) is 0.385. The van der Waals surface area contributed by atoms with Gasteiger partial charge in [-0.2, -0.15) is 10.1 Å². The fourth-order valence-corrected chi connectivity index (χ4v) is 1.94. The number of rotatable bonds is 4.